The Balaban J connectivity index is 2.20. The summed E-state index contributed by atoms with van der Waals surface area (Å²) in [5.41, 5.74) is 5.12. The van der Waals surface area contributed by atoms with Gasteiger partial charge in [-0.3, -0.25) is 0 Å². The van der Waals surface area contributed by atoms with Gasteiger partial charge in [0.25, 0.3) is 0 Å². The van der Waals surface area contributed by atoms with Gasteiger partial charge in [-0.15, -0.1) is 0 Å². The summed E-state index contributed by atoms with van der Waals surface area (Å²) in [4.78, 5) is 0. The first kappa shape index (κ1) is 16.1. The first-order valence-electron chi connectivity index (χ1n) is 7.65. The predicted molar refractivity (Wildman–Crippen MR) is 92.1 cm³/mol. The Labute approximate surface area is 133 Å². The van der Waals surface area contributed by atoms with E-state index in [9.17, 15) is 0 Å². The summed E-state index contributed by atoms with van der Waals surface area (Å²) in [6.45, 7) is 7.41. The molecule has 112 valence electrons. The molecule has 2 heteroatoms. The van der Waals surface area contributed by atoms with E-state index in [2.05, 4.69) is 62.5 Å². The van der Waals surface area contributed by atoms with Gasteiger partial charge in [-0.2, -0.15) is 0 Å². The van der Waals surface area contributed by atoms with Gasteiger partial charge in [0.05, 0.1) is 0 Å². The summed E-state index contributed by atoms with van der Waals surface area (Å²) in [7, 11) is 0. The minimum absolute atomic E-state index is 0.337. The second-order valence-corrected chi connectivity index (χ2v) is 6.11. The van der Waals surface area contributed by atoms with E-state index in [0.29, 0.717) is 6.04 Å². The fourth-order valence-electron chi connectivity index (χ4n) is 2.47. The zero-order chi connectivity index (χ0) is 15.2. The zero-order valence-electron chi connectivity index (χ0n) is 13.1. The van der Waals surface area contributed by atoms with Crippen molar-refractivity contribution in [3.63, 3.8) is 0 Å². The quantitative estimate of drug-likeness (QED) is 0.769. The van der Waals surface area contributed by atoms with Crippen LogP contribution in [0.2, 0.25) is 5.02 Å². The van der Waals surface area contributed by atoms with Crippen LogP contribution in [0.3, 0.4) is 0 Å². The van der Waals surface area contributed by atoms with E-state index in [-0.39, 0.29) is 0 Å². The van der Waals surface area contributed by atoms with E-state index < -0.39 is 0 Å². The zero-order valence-corrected chi connectivity index (χ0v) is 13.9. The molecule has 21 heavy (non-hydrogen) atoms. The van der Waals surface area contributed by atoms with Crippen molar-refractivity contribution < 1.29 is 0 Å². The number of nitrogens with one attached hydrogen (secondary N) is 1. The van der Waals surface area contributed by atoms with Crippen LogP contribution in [0.4, 0.5) is 0 Å². The van der Waals surface area contributed by atoms with Crippen molar-refractivity contribution in [3.8, 4) is 0 Å². The number of aryl methyl sites for hydroxylation is 2. The van der Waals surface area contributed by atoms with Gasteiger partial charge in [0.15, 0.2) is 0 Å². The molecule has 0 radical (unpaired) electrons. The summed E-state index contributed by atoms with van der Waals surface area (Å²) in [6.07, 6.45) is 2.14. The summed E-state index contributed by atoms with van der Waals surface area (Å²) in [5, 5.41) is 4.49. The summed E-state index contributed by atoms with van der Waals surface area (Å²) in [5.74, 6) is 0. The van der Waals surface area contributed by atoms with Crippen molar-refractivity contribution in [1.29, 1.82) is 0 Å². The van der Waals surface area contributed by atoms with Gasteiger partial charge in [0.2, 0.25) is 0 Å². The normalized spacial score (nSPS) is 12.4. The molecule has 1 unspecified atom stereocenters. The van der Waals surface area contributed by atoms with Crippen molar-refractivity contribution in [3.05, 3.63) is 69.7 Å². The lowest BCUT2D eigenvalue weighted by Crippen LogP contribution is -2.24. The molecule has 1 atom stereocenters. The van der Waals surface area contributed by atoms with Crippen LogP contribution >= 0.6 is 11.6 Å². The van der Waals surface area contributed by atoms with Crippen LogP contribution in [0, 0.1) is 13.8 Å². The Morgan fingerprint density at radius 1 is 1.05 bits per heavy atom. The molecule has 2 aromatic carbocycles. The van der Waals surface area contributed by atoms with Crippen LogP contribution in [-0.2, 0) is 6.42 Å². The largest absolute Gasteiger partial charge is 0.310 e. The van der Waals surface area contributed by atoms with Gasteiger partial charge in [0, 0.05) is 11.1 Å². The monoisotopic (exact) mass is 301 g/mol. The fourth-order valence-corrected chi connectivity index (χ4v) is 2.59. The van der Waals surface area contributed by atoms with E-state index in [0.717, 1.165) is 30.0 Å². The van der Waals surface area contributed by atoms with Crippen LogP contribution < -0.4 is 5.32 Å². The second kappa shape index (κ2) is 7.63. The average molecular weight is 302 g/mol. The van der Waals surface area contributed by atoms with Crippen LogP contribution in [0.5, 0.6) is 0 Å². The highest BCUT2D eigenvalue weighted by atomic mass is 35.5. The molecule has 0 aliphatic rings. The van der Waals surface area contributed by atoms with Gasteiger partial charge in [-0.25, -0.2) is 0 Å². The first-order valence-corrected chi connectivity index (χ1v) is 8.03. The smallest absolute Gasteiger partial charge is 0.0435 e. The highest BCUT2D eigenvalue weighted by Gasteiger charge is 2.12. The standard InChI is InChI=1S/C19H24ClN/c1-4-11-21-19(13-16-7-5-14(2)6-8-16)17-9-10-18(20)15(3)12-17/h5-10,12,19,21H,4,11,13H2,1-3H3. The molecule has 0 aromatic heterocycles. The molecule has 0 aliphatic heterocycles. The molecule has 0 bridgehead atoms. The number of halogens is 1. The average Bonchev–Trinajstić information content (AvgIpc) is 2.48. The lowest BCUT2D eigenvalue weighted by Gasteiger charge is -2.20. The molecule has 0 spiro atoms. The Hall–Kier alpha value is -1.31. The van der Waals surface area contributed by atoms with Crippen molar-refractivity contribution >= 4 is 11.6 Å². The molecular weight excluding hydrogens is 278 g/mol. The minimum atomic E-state index is 0.337. The number of hydrogen-bond donors (Lipinski definition) is 1. The molecule has 0 saturated heterocycles. The Morgan fingerprint density at radius 3 is 2.38 bits per heavy atom. The van der Waals surface area contributed by atoms with Gasteiger partial charge in [0.1, 0.15) is 0 Å². The maximum atomic E-state index is 6.15. The number of hydrogen-bond acceptors (Lipinski definition) is 1. The summed E-state index contributed by atoms with van der Waals surface area (Å²) < 4.78 is 0. The highest BCUT2D eigenvalue weighted by molar-refractivity contribution is 6.31. The fraction of sp³-hybridized carbons (Fsp3) is 0.368. The van der Waals surface area contributed by atoms with Crippen LogP contribution in [-0.4, -0.2) is 6.54 Å². The van der Waals surface area contributed by atoms with Crippen molar-refractivity contribution in [2.24, 2.45) is 0 Å². The highest BCUT2D eigenvalue weighted by Crippen LogP contribution is 2.23. The van der Waals surface area contributed by atoms with Gasteiger partial charge in [-0.05, 0) is 56.0 Å². The molecule has 0 fully saturated rings. The van der Waals surface area contributed by atoms with E-state index in [1.54, 1.807) is 0 Å². The van der Waals surface area contributed by atoms with Crippen LogP contribution in [0.25, 0.3) is 0 Å². The van der Waals surface area contributed by atoms with E-state index in [1.165, 1.54) is 16.7 Å². The molecule has 0 aliphatic carbocycles. The van der Waals surface area contributed by atoms with Crippen LogP contribution in [0.15, 0.2) is 42.5 Å². The third kappa shape index (κ3) is 4.59. The van der Waals surface area contributed by atoms with E-state index >= 15 is 0 Å². The lowest BCUT2D eigenvalue weighted by atomic mass is 9.97. The second-order valence-electron chi connectivity index (χ2n) is 5.71. The van der Waals surface area contributed by atoms with E-state index in [1.807, 2.05) is 6.07 Å². The van der Waals surface area contributed by atoms with Gasteiger partial charge < -0.3 is 5.32 Å². The summed E-state index contributed by atoms with van der Waals surface area (Å²) >= 11 is 6.15. The number of benzene rings is 2. The number of rotatable bonds is 6. The minimum Gasteiger partial charge on any atom is -0.310 e. The molecular formula is C19H24ClN. The lowest BCUT2D eigenvalue weighted by molar-refractivity contribution is 0.529. The van der Waals surface area contributed by atoms with Crippen molar-refractivity contribution in [1.82, 2.24) is 5.32 Å². The van der Waals surface area contributed by atoms with E-state index in [4.69, 9.17) is 11.6 Å². The maximum absolute atomic E-state index is 6.15. The third-order valence-electron chi connectivity index (χ3n) is 3.79. The Kier molecular flexibility index (Phi) is 5.84. The molecule has 0 amide bonds. The molecule has 2 rings (SSSR count). The van der Waals surface area contributed by atoms with Gasteiger partial charge in [-0.1, -0.05) is 60.5 Å². The topological polar surface area (TPSA) is 12.0 Å². The Morgan fingerprint density at radius 2 is 1.76 bits per heavy atom. The SMILES string of the molecule is CCCNC(Cc1ccc(C)cc1)c1ccc(Cl)c(C)c1. The summed E-state index contributed by atoms with van der Waals surface area (Å²) in [6, 6.07) is 15.5. The van der Waals surface area contributed by atoms with Crippen molar-refractivity contribution in [2.75, 3.05) is 6.54 Å². The molecule has 1 nitrogen and oxygen atoms in total. The third-order valence-corrected chi connectivity index (χ3v) is 4.21. The molecule has 0 heterocycles. The Bertz CT molecular complexity index is 575. The first-order chi connectivity index (χ1) is 10.1. The van der Waals surface area contributed by atoms with Crippen LogP contribution in [0.1, 0.15) is 41.6 Å². The van der Waals surface area contributed by atoms with Crippen molar-refractivity contribution in [2.45, 2.75) is 39.7 Å². The van der Waals surface area contributed by atoms with Gasteiger partial charge >= 0.3 is 0 Å². The molecule has 1 N–H and O–H groups in total. The molecule has 0 saturated carbocycles. The maximum Gasteiger partial charge on any atom is 0.0435 e. The predicted octanol–water partition coefficient (Wildman–Crippen LogP) is 5.24. The molecule has 2 aromatic rings.